The molecular weight excluding hydrogens is 376 g/mol. The molecule has 1 atom stereocenters. The number of piperazine rings is 1. The van der Waals surface area contributed by atoms with Crippen LogP contribution in [-0.4, -0.2) is 57.8 Å². The third kappa shape index (κ3) is 5.66. The zero-order valence-electron chi connectivity index (χ0n) is 15.9. The SMILES string of the molecule is CC(=O)N1CCN(C(=O)CS(=O)Cc2ccc(Oc3ccccc3)cc2)CC1. The van der Waals surface area contributed by atoms with Crippen molar-refractivity contribution in [3.63, 3.8) is 0 Å². The highest BCUT2D eigenvalue weighted by atomic mass is 32.2. The summed E-state index contributed by atoms with van der Waals surface area (Å²) in [6.07, 6.45) is 0. The van der Waals surface area contributed by atoms with Crippen molar-refractivity contribution in [2.24, 2.45) is 0 Å². The predicted molar refractivity (Wildman–Crippen MR) is 109 cm³/mol. The Morgan fingerprint density at radius 2 is 1.46 bits per heavy atom. The molecule has 6 nitrogen and oxygen atoms in total. The molecule has 0 N–H and O–H groups in total. The van der Waals surface area contributed by atoms with E-state index in [1.807, 2.05) is 54.6 Å². The fraction of sp³-hybridized carbons (Fsp3) is 0.333. The Labute approximate surface area is 167 Å². The minimum absolute atomic E-state index is 0.00232. The van der Waals surface area contributed by atoms with Gasteiger partial charge in [-0.25, -0.2) is 0 Å². The van der Waals surface area contributed by atoms with Crippen molar-refractivity contribution in [3.8, 4) is 11.5 Å². The van der Waals surface area contributed by atoms with Gasteiger partial charge < -0.3 is 14.5 Å². The second-order valence-electron chi connectivity index (χ2n) is 6.67. The van der Waals surface area contributed by atoms with Crippen molar-refractivity contribution in [1.29, 1.82) is 0 Å². The molecule has 1 aliphatic heterocycles. The Morgan fingerprint density at radius 3 is 2.07 bits per heavy atom. The Kier molecular flexibility index (Phi) is 6.81. The van der Waals surface area contributed by atoms with Crippen LogP contribution in [0.5, 0.6) is 11.5 Å². The monoisotopic (exact) mass is 400 g/mol. The average Bonchev–Trinajstić information content (AvgIpc) is 2.70. The number of amides is 2. The third-order valence-corrected chi connectivity index (χ3v) is 5.82. The molecule has 0 saturated carbocycles. The maximum Gasteiger partial charge on any atom is 0.235 e. The number of rotatable bonds is 6. The fourth-order valence-corrected chi connectivity index (χ4v) is 4.14. The summed E-state index contributed by atoms with van der Waals surface area (Å²) >= 11 is 0. The highest BCUT2D eigenvalue weighted by Gasteiger charge is 2.23. The number of benzene rings is 2. The number of ether oxygens (including phenoxy) is 1. The summed E-state index contributed by atoms with van der Waals surface area (Å²) in [6.45, 7) is 3.61. The first kappa shape index (κ1) is 20.1. The minimum Gasteiger partial charge on any atom is -0.457 e. The molecule has 2 aromatic carbocycles. The summed E-state index contributed by atoms with van der Waals surface area (Å²) in [4.78, 5) is 27.1. The number of para-hydroxylation sites is 1. The van der Waals surface area contributed by atoms with Gasteiger partial charge in [0.25, 0.3) is 0 Å². The summed E-state index contributed by atoms with van der Waals surface area (Å²) in [5.41, 5.74) is 0.896. The minimum atomic E-state index is -1.28. The standard InChI is InChI=1S/C21H24N2O4S/c1-17(24)22-11-13-23(14-12-22)21(25)16-28(26)15-18-7-9-20(10-8-18)27-19-5-3-2-4-6-19/h2-10H,11-16H2,1H3. The van der Waals surface area contributed by atoms with Crippen LogP contribution in [0.2, 0.25) is 0 Å². The molecule has 7 heteroatoms. The Morgan fingerprint density at radius 1 is 0.893 bits per heavy atom. The zero-order valence-corrected chi connectivity index (χ0v) is 16.7. The Bertz CT molecular complexity index is 831. The quantitative estimate of drug-likeness (QED) is 0.747. The van der Waals surface area contributed by atoms with Gasteiger partial charge in [-0.2, -0.15) is 0 Å². The van der Waals surface area contributed by atoms with Gasteiger partial charge in [-0.1, -0.05) is 30.3 Å². The maximum atomic E-state index is 12.4. The lowest BCUT2D eigenvalue weighted by Crippen LogP contribution is -2.51. The van der Waals surface area contributed by atoms with Crippen molar-refractivity contribution >= 4 is 22.6 Å². The summed E-state index contributed by atoms with van der Waals surface area (Å²) in [6, 6.07) is 16.9. The van der Waals surface area contributed by atoms with Crippen LogP contribution in [0, 0.1) is 0 Å². The van der Waals surface area contributed by atoms with Crippen LogP contribution in [0.4, 0.5) is 0 Å². The largest absolute Gasteiger partial charge is 0.457 e. The summed E-state index contributed by atoms with van der Waals surface area (Å²) in [5, 5.41) is 0. The summed E-state index contributed by atoms with van der Waals surface area (Å²) in [7, 11) is -1.28. The molecule has 148 valence electrons. The van der Waals surface area contributed by atoms with E-state index in [4.69, 9.17) is 4.74 Å². The predicted octanol–water partition coefficient (Wildman–Crippen LogP) is 2.42. The van der Waals surface area contributed by atoms with Crippen molar-refractivity contribution in [2.75, 3.05) is 31.9 Å². The van der Waals surface area contributed by atoms with Crippen molar-refractivity contribution in [3.05, 3.63) is 60.2 Å². The molecule has 0 aromatic heterocycles. The number of nitrogens with zero attached hydrogens (tertiary/aromatic N) is 2. The molecule has 0 radical (unpaired) electrons. The van der Waals surface area contributed by atoms with Gasteiger partial charge in [0.15, 0.2) is 0 Å². The van der Waals surface area contributed by atoms with Crippen LogP contribution in [0.15, 0.2) is 54.6 Å². The molecule has 3 rings (SSSR count). The first-order valence-electron chi connectivity index (χ1n) is 9.21. The Hall–Kier alpha value is -2.67. The van der Waals surface area contributed by atoms with Gasteiger partial charge in [-0.05, 0) is 29.8 Å². The molecular formula is C21H24N2O4S. The third-order valence-electron chi connectivity index (χ3n) is 4.59. The molecule has 0 aliphatic carbocycles. The van der Waals surface area contributed by atoms with Gasteiger partial charge in [-0.15, -0.1) is 0 Å². The molecule has 28 heavy (non-hydrogen) atoms. The Balaban J connectivity index is 1.47. The van der Waals surface area contributed by atoms with E-state index in [9.17, 15) is 13.8 Å². The van der Waals surface area contributed by atoms with Crippen molar-refractivity contribution in [2.45, 2.75) is 12.7 Å². The highest BCUT2D eigenvalue weighted by molar-refractivity contribution is 7.84. The summed E-state index contributed by atoms with van der Waals surface area (Å²) < 4.78 is 18.1. The topological polar surface area (TPSA) is 66.9 Å². The van der Waals surface area contributed by atoms with Gasteiger partial charge >= 0.3 is 0 Å². The molecule has 2 amide bonds. The molecule has 0 spiro atoms. The van der Waals surface area contributed by atoms with Gasteiger partial charge in [0.1, 0.15) is 17.3 Å². The van der Waals surface area contributed by atoms with Crippen molar-refractivity contribution < 1.29 is 18.5 Å². The second kappa shape index (κ2) is 9.50. The average molecular weight is 401 g/mol. The van der Waals surface area contributed by atoms with E-state index in [0.29, 0.717) is 37.7 Å². The van der Waals surface area contributed by atoms with E-state index in [1.54, 1.807) is 9.80 Å². The van der Waals surface area contributed by atoms with Crippen LogP contribution in [0.3, 0.4) is 0 Å². The lowest BCUT2D eigenvalue weighted by molar-refractivity contribution is -0.136. The molecule has 1 fully saturated rings. The van der Waals surface area contributed by atoms with Gasteiger partial charge in [0.05, 0.1) is 0 Å². The zero-order chi connectivity index (χ0) is 19.9. The lowest BCUT2D eigenvalue weighted by atomic mass is 10.2. The van der Waals surface area contributed by atoms with Gasteiger partial charge in [0.2, 0.25) is 11.8 Å². The maximum absolute atomic E-state index is 12.4. The smallest absolute Gasteiger partial charge is 0.235 e. The molecule has 0 bridgehead atoms. The van der Waals surface area contributed by atoms with E-state index in [1.165, 1.54) is 6.92 Å². The molecule has 1 aliphatic rings. The molecule has 1 unspecified atom stereocenters. The first-order chi connectivity index (χ1) is 13.5. The van der Waals surface area contributed by atoms with E-state index in [-0.39, 0.29) is 17.6 Å². The number of hydrogen-bond donors (Lipinski definition) is 0. The van der Waals surface area contributed by atoms with Gasteiger partial charge in [-0.3, -0.25) is 13.8 Å². The van der Waals surface area contributed by atoms with E-state index >= 15 is 0 Å². The van der Waals surface area contributed by atoms with Crippen LogP contribution in [0.1, 0.15) is 12.5 Å². The number of hydrogen-bond acceptors (Lipinski definition) is 4. The van der Waals surface area contributed by atoms with Crippen LogP contribution in [-0.2, 0) is 26.1 Å². The fourth-order valence-electron chi connectivity index (χ4n) is 3.02. The highest BCUT2D eigenvalue weighted by Crippen LogP contribution is 2.21. The summed E-state index contributed by atoms with van der Waals surface area (Å²) in [5.74, 6) is 1.70. The molecule has 2 aromatic rings. The normalized spacial score (nSPS) is 15.2. The number of carbonyl (C=O) groups is 2. The second-order valence-corrected chi connectivity index (χ2v) is 8.13. The van der Waals surface area contributed by atoms with E-state index < -0.39 is 10.8 Å². The lowest BCUT2D eigenvalue weighted by Gasteiger charge is -2.34. The molecule has 1 heterocycles. The van der Waals surface area contributed by atoms with Crippen LogP contribution < -0.4 is 4.74 Å². The van der Waals surface area contributed by atoms with E-state index in [0.717, 1.165) is 11.3 Å². The first-order valence-corrected chi connectivity index (χ1v) is 10.7. The van der Waals surface area contributed by atoms with Gasteiger partial charge in [0, 0.05) is 49.7 Å². The van der Waals surface area contributed by atoms with E-state index in [2.05, 4.69) is 0 Å². The number of carbonyl (C=O) groups excluding carboxylic acids is 2. The van der Waals surface area contributed by atoms with Crippen LogP contribution in [0.25, 0.3) is 0 Å². The van der Waals surface area contributed by atoms with Crippen molar-refractivity contribution in [1.82, 2.24) is 9.80 Å². The van der Waals surface area contributed by atoms with Crippen LogP contribution >= 0.6 is 0 Å². The molecule has 1 saturated heterocycles.